The predicted molar refractivity (Wildman–Crippen MR) is 134 cm³/mol. The van der Waals surface area contributed by atoms with Gasteiger partial charge in [-0.05, 0) is 68.9 Å². The van der Waals surface area contributed by atoms with Crippen LogP contribution in [0.3, 0.4) is 0 Å². The quantitative estimate of drug-likeness (QED) is 0.382. The van der Waals surface area contributed by atoms with Gasteiger partial charge < -0.3 is 18.3 Å². The zero-order valence-electron chi connectivity index (χ0n) is 19.6. The number of ether oxygens (including phenoxy) is 2. The minimum Gasteiger partial charge on any atom is -0.544 e. The van der Waals surface area contributed by atoms with E-state index in [9.17, 15) is 0 Å². The summed E-state index contributed by atoms with van der Waals surface area (Å²) in [6.45, 7) is 13.2. The van der Waals surface area contributed by atoms with Gasteiger partial charge in [0.2, 0.25) is 16.6 Å². The fourth-order valence-corrected chi connectivity index (χ4v) is 6.07. The van der Waals surface area contributed by atoms with Gasteiger partial charge in [-0.3, -0.25) is 0 Å². The maximum atomic E-state index is 6.67. The number of hydrogen-bond donors (Lipinski definition) is 0. The molecule has 2 aliphatic rings. The molecule has 6 heteroatoms. The Kier molecular flexibility index (Phi) is 4.73. The highest BCUT2D eigenvalue weighted by Gasteiger charge is 2.47. The van der Waals surface area contributed by atoms with Crippen molar-refractivity contribution in [3.63, 3.8) is 0 Å². The first-order chi connectivity index (χ1) is 15.0. The molecule has 166 valence electrons. The molecule has 5 rings (SSSR count). The van der Waals surface area contributed by atoms with Crippen molar-refractivity contribution < 1.29 is 18.3 Å². The second-order valence-electron chi connectivity index (χ2n) is 10.4. The molecule has 0 aromatic heterocycles. The van der Waals surface area contributed by atoms with Crippen molar-refractivity contribution in [3.05, 3.63) is 71.8 Å². The summed E-state index contributed by atoms with van der Waals surface area (Å²) in [7, 11) is -3.70. The van der Waals surface area contributed by atoms with Crippen LogP contribution in [0, 0.1) is 0 Å². The van der Waals surface area contributed by atoms with Gasteiger partial charge in [0.05, 0.1) is 22.9 Å². The highest BCUT2D eigenvalue weighted by Crippen LogP contribution is 2.51. The molecule has 0 unspecified atom stereocenters. The first-order valence-electron chi connectivity index (χ1n) is 11.2. The minimum absolute atomic E-state index is 0.556. The van der Waals surface area contributed by atoms with Crippen molar-refractivity contribution >= 4 is 33.2 Å². The first-order valence-corrected chi connectivity index (χ1v) is 18.0. The average Bonchev–Trinajstić information content (AvgIpc) is 2.69. The van der Waals surface area contributed by atoms with Crippen LogP contribution in [-0.4, -0.2) is 16.6 Å². The van der Waals surface area contributed by atoms with E-state index in [1.807, 2.05) is 36.4 Å². The second-order valence-corrected chi connectivity index (χ2v) is 19.3. The monoisotopic (exact) mass is 462 g/mol. The summed E-state index contributed by atoms with van der Waals surface area (Å²) in [6.07, 6.45) is 2.67. The van der Waals surface area contributed by atoms with Crippen LogP contribution in [0.5, 0.6) is 17.2 Å². The van der Waals surface area contributed by atoms with Crippen molar-refractivity contribution in [1.82, 2.24) is 0 Å². The van der Waals surface area contributed by atoms with Crippen LogP contribution in [0.4, 0.5) is 0 Å². The van der Waals surface area contributed by atoms with E-state index in [4.69, 9.17) is 18.3 Å². The van der Waals surface area contributed by atoms with Gasteiger partial charge in [0.15, 0.2) is 0 Å². The van der Waals surface area contributed by atoms with Crippen LogP contribution in [0.15, 0.2) is 60.7 Å². The fourth-order valence-electron chi connectivity index (χ4n) is 4.39. The Labute approximate surface area is 192 Å². The van der Waals surface area contributed by atoms with Crippen LogP contribution >= 0.6 is 0 Å². The summed E-state index contributed by atoms with van der Waals surface area (Å²) in [6, 6.07) is 18.4. The predicted octanol–water partition coefficient (Wildman–Crippen LogP) is 7.27. The molecule has 0 atom stereocenters. The lowest BCUT2D eigenvalue weighted by molar-refractivity contribution is -0.125. The highest BCUT2D eigenvalue weighted by atomic mass is 28.4. The second kappa shape index (κ2) is 7.15. The third-order valence-electron chi connectivity index (χ3n) is 5.45. The van der Waals surface area contributed by atoms with E-state index >= 15 is 0 Å². The maximum Gasteiger partial charge on any atom is 0.282 e. The number of benzene rings is 3. The number of hydrogen-bond acceptors (Lipinski definition) is 4. The van der Waals surface area contributed by atoms with Gasteiger partial charge in [-0.15, -0.1) is 0 Å². The maximum absolute atomic E-state index is 6.67. The lowest BCUT2D eigenvalue weighted by Gasteiger charge is -2.42. The van der Waals surface area contributed by atoms with Crippen LogP contribution in [0.2, 0.25) is 39.3 Å². The largest absolute Gasteiger partial charge is 0.544 e. The van der Waals surface area contributed by atoms with E-state index in [0.717, 1.165) is 44.9 Å². The highest BCUT2D eigenvalue weighted by molar-refractivity contribution is 6.71. The fraction of sp³-hybridized carbons (Fsp3) is 0.308. The van der Waals surface area contributed by atoms with E-state index in [1.54, 1.807) is 0 Å². The number of rotatable bonds is 4. The summed E-state index contributed by atoms with van der Waals surface area (Å²) in [5.74, 6) is 2.45. The van der Waals surface area contributed by atoms with Crippen LogP contribution in [0.25, 0.3) is 16.5 Å². The van der Waals surface area contributed by atoms with Gasteiger partial charge in [0, 0.05) is 0 Å². The third kappa shape index (κ3) is 3.71. The van der Waals surface area contributed by atoms with Crippen LogP contribution < -0.4 is 13.9 Å². The molecule has 32 heavy (non-hydrogen) atoms. The zero-order chi connectivity index (χ0) is 22.7. The Morgan fingerprint density at radius 2 is 1.34 bits per heavy atom. The third-order valence-corrected chi connectivity index (χ3v) is 7.11. The van der Waals surface area contributed by atoms with Crippen molar-refractivity contribution in [2.75, 3.05) is 0 Å². The Bertz CT molecular complexity index is 1190. The van der Waals surface area contributed by atoms with Crippen molar-refractivity contribution in [2.45, 2.75) is 51.5 Å². The lowest BCUT2D eigenvalue weighted by Crippen LogP contribution is -2.44. The Hall–Kier alpha value is -2.71. The molecule has 1 heterocycles. The van der Waals surface area contributed by atoms with Gasteiger partial charge in [-0.1, -0.05) is 36.4 Å². The van der Waals surface area contributed by atoms with E-state index in [2.05, 4.69) is 63.6 Å². The summed E-state index contributed by atoms with van der Waals surface area (Å²) in [5.41, 5.74) is 1.91. The molecule has 0 saturated carbocycles. The Balaban J connectivity index is 1.69. The van der Waals surface area contributed by atoms with Gasteiger partial charge in [0.1, 0.15) is 23.0 Å². The summed E-state index contributed by atoms with van der Waals surface area (Å²) >= 11 is 0. The van der Waals surface area contributed by atoms with E-state index in [0.29, 0.717) is 6.42 Å². The molecule has 1 spiro atoms. The Morgan fingerprint density at radius 1 is 0.750 bits per heavy atom. The molecule has 3 aromatic rings. The molecule has 1 aliphatic heterocycles. The van der Waals surface area contributed by atoms with Gasteiger partial charge in [-0.2, -0.15) is 0 Å². The van der Waals surface area contributed by atoms with Gasteiger partial charge in [-0.25, -0.2) is 0 Å². The normalized spacial score (nSPS) is 16.6. The number of fused-ring (bicyclic) bond motifs is 2. The van der Waals surface area contributed by atoms with Crippen molar-refractivity contribution in [3.8, 4) is 17.2 Å². The van der Waals surface area contributed by atoms with Crippen molar-refractivity contribution in [2.24, 2.45) is 0 Å². The molecular weight excluding hydrogens is 432 g/mol. The summed E-state index contributed by atoms with van der Waals surface area (Å²) in [4.78, 5) is 0. The van der Waals surface area contributed by atoms with Crippen LogP contribution in [-0.2, 0) is 10.2 Å². The minimum atomic E-state index is -1.86. The molecule has 0 saturated heterocycles. The first kappa shape index (κ1) is 21.2. The van der Waals surface area contributed by atoms with E-state index in [1.165, 1.54) is 0 Å². The standard InChI is InChI=1S/C26H30O4Si2/c1-31(2,3)29-22-15-9-12-19-25(22)23(30-32(4,5)6)16-17-26(19)27-20-13-7-10-18-11-8-14-21(28-26)24(18)20/h7-16H,17H2,1-6H3. The van der Waals surface area contributed by atoms with Gasteiger partial charge >= 0.3 is 0 Å². The molecule has 0 N–H and O–H groups in total. The molecule has 0 amide bonds. The topological polar surface area (TPSA) is 36.9 Å². The van der Waals surface area contributed by atoms with Crippen LogP contribution in [0.1, 0.15) is 17.5 Å². The lowest BCUT2D eigenvalue weighted by atomic mass is 9.88. The van der Waals surface area contributed by atoms with Crippen molar-refractivity contribution in [1.29, 1.82) is 0 Å². The molecule has 3 aromatic carbocycles. The van der Waals surface area contributed by atoms with E-state index < -0.39 is 22.4 Å². The molecule has 0 radical (unpaired) electrons. The summed E-state index contributed by atoms with van der Waals surface area (Å²) in [5, 5.41) is 2.13. The zero-order valence-corrected chi connectivity index (χ0v) is 21.6. The molecule has 4 nitrogen and oxygen atoms in total. The molecular formula is C26H30O4Si2. The molecule has 0 bridgehead atoms. The Morgan fingerprint density at radius 3 is 1.94 bits per heavy atom. The van der Waals surface area contributed by atoms with Gasteiger partial charge in [0.25, 0.3) is 5.79 Å². The van der Waals surface area contributed by atoms with E-state index in [-0.39, 0.29) is 0 Å². The smallest absolute Gasteiger partial charge is 0.282 e. The molecule has 1 aliphatic carbocycles. The average molecular weight is 463 g/mol. The SMILES string of the molecule is C[Si](C)(C)OC1=CCC2(Oc3cccc4cccc(c34)O2)c2cccc(O[Si](C)(C)C)c21. The molecule has 0 fully saturated rings. The summed E-state index contributed by atoms with van der Waals surface area (Å²) < 4.78 is 26.4.